The summed E-state index contributed by atoms with van der Waals surface area (Å²) in [6, 6.07) is 8.55. The molecule has 0 bridgehead atoms. The fourth-order valence-electron chi connectivity index (χ4n) is 1.74. The molecular formula is C14H21ClN4. The molecule has 0 saturated carbocycles. The van der Waals surface area contributed by atoms with Crippen LogP contribution in [-0.4, -0.2) is 23.9 Å². The van der Waals surface area contributed by atoms with Gasteiger partial charge in [0, 0.05) is 39.1 Å². The van der Waals surface area contributed by atoms with Crippen LogP contribution in [0.15, 0.2) is 36.7 Å². The highest BCUT2D eigenvalue weighted by Gasteiger charge is 1.98. The van der Waals surface area contributed by atoms with Gasteiger partial charge in [0.1, 0.15) is 0 Å². The molecule has 0 unspecified atom stereocenters. The van der Waals surface area contributed by atoms with E-state index >= 15 is 0 Å². The summed E-state index contributed by atoms with van der Waals surface area (Å²) in [6.45, 7) is 3.80. The summed E-state index contributed by atoms with van der Waals surface area (Å²) in [7, 11) is 4.10. The molecule has 0 fully saturated rings. The minimum atomic E-state index is 0. The number of anilines is 2. The molecule has 1 aromatic heterocycles. The molecule has 0 atom stereocenters. The third kappa shape index (κ3) is 4.17. The fourth-order valence-corrected chi connectivity index (χ4v) is 1.74. The number of aromatic nitrogens is 2. The van der Waals surface area contributed by atoms with Crippen LogP contribution in [-0.2, 0) is 13.1 Å². The van der Waals surface area contributed by atoms with E-state index in [0.29, 0.717) is 0 Å². The zero-order chi connectivity index (χ0) is 13.0. The van der Waals surface area contributed by atoms with Crippen molar-refractivity contribution >= 4 is 23.8 Å². The van der Waals surface area contributed by atoms with E-state index < -0.39 is 0 Å². The summed E-state index contributed by atoms with van der Waals surface area (Å²) in [5, 5.41) is 7.60. The van der Waals surface area contributed by atoms with Gasteiger partial charge in [-0.2, -0.15) is 5.10 Å². The Morgan fingerprint density at radius 3 is 2.42 bits per heavy atom. The van der Waals surface area contributed by atoms with Crippen LogP contribution in [0.4, 0.5) is 11.4 Å². The first-order chi connectivity index (χ1) is 8.69. The van der Waals surface area contributed by atoms with E-state index in [1.807, 2.05) is 31.2 Å². The van der Waals surface area contributed by atoms with Gasteiger partial charge in [0.2, 0.25) is 0 Å². The number of rotatable bonds is 5. The molecule has 0 radical (unpaired) electrons. The van der Waals surface area contributed by atoms with Crippen molar-refractivity contribution in [3.8, 4) is 0 Å². The molecule has 1 N–H and O–H groups in total. The van der Waals surface area contributed by atoms with Gasteiger partial charge in [0.15, 0.2) is 0 Å². The molecule has 5 heteroatoms. The zero-order valence-corrected chi connectivity index (χ0v) is 12.4. The predicted molar refractivity (Wildman–Crippen MR) is 83.2 cm³/mol. The number of benzene rings is 1. The highest BCUT2D eigenvalue weighted by molar-refractivity contribution is 5.85. The molecule has 1 aromatic carbocycles. The number of aryl methyl sites for hydroxylation is 1. The molecule has 0 aliphatic heterocycles. The second kappa shape index (κ2) is 7.04. The van der Waals surface area contributed by atoms with Crippen molar-refractivity contribution in [1.29, 1.82) is 0 Å². The Labute approximate surface area is 120 Å². The summed E-state index contributed by atoms with van der Waals surface area (Å²) in [6.07, 6.45) is 3.88. The smallest absolute Gasteiger partial charge is 0.0729 e. The molecule has 104 valence electrons. The minimum absolute atomic E-state index is 0. The second-order valence-electron chi connectivity index (χ2n) is 4.50. The molecule has 0 aliphatic carbocycles. The van der Waals surface area contributed by atoms with Crippen LogP contribution in [0.5, 0.6) is 0 Å². The van der Waals surface area contributed by atoms with E-state index in [1.54, 1.807) is 0 Å². The molecule has 4 nitrogen and oxygen atoms in total. The monoisotopic (exact) mass is 280 g/mol. The highest BCUT2D eigenvalue weighted by Crippen LogP contribution is 2.13. The minimum Gasteiger partial charge on any atom is -0.378 e. The Hall–Kier alpha value is -1.68. The molecule has 0 spiro atoms. The number of hydrogen-bond donors (Lipinski definition) is 1. The zero-order valence-electron chi connectivity index (χ0n) is 11.6. The molecule has 2 aromatic rings. The average Bonchev–Trinajstić information content (AvgIpc) is 2.85. The first kappa shape index (κ1) is 15.4. The number of halogens is 1. The van der Waals surface area contributed by atoms with Gasteiger partial charge in [-0.05, 0) is 24.6 Å². The highest BCUT2D eigenvalue weighted by atomic mass is 35.5. The van der Waals surface area contributed by atoms with Crippen molar-refractivity contribution < 1.29 is 0 Å². The maximum atomic E-state index is 4.23. The molecule has 0 aliphatic rings. The third-order valence-corrected chi connectivity index (χ3v) is 2.91. The van der Waals surface area contributed by atoms with Crippen LogP contribution in [0.25, 0.3) is 0 Å². The van der Waals surface area contributed by atoms with Crippen molar-refractivity contribution in [3.63, 3.8) is 0 Å². The molecule has 19 heavy (non-hydrogen) atoms. The largest absolute Gasteiger partial charge is 0.378 e. The summed E-state index contributed by atoms with van der Waals surface area (Å²) in [5.41, 5.74) is 3.55. The first-order valence-corrected chi connectivity index (χ1v) is 6.21. The Balaban J connectivity index is 0.00000180. The van der Waals surface area contributed by atoms with E-state index in [0.717, 1.165) is 18.8 Å². The lowest BCUT2D eigenvalue weighted by Crippen LogP contribution is -2.08. The topological polar surface area (TPSA) is 33.1 Å². The SMILES string of the molecule is CCn1cc(NCc2ccc(N(C)C)cc2)cn1.Cl. The number of nitrogens with zero attached hydrogens (tertiary/aromatic N) is 3. The lowest BCUT2D eigenvalue weighted by molar-refractivity contribution is 0.660. The van der Waals surface area contributed by atoms with Gasteiger partial charge in [-0.15, -0.1) is 12.4 Å². The van der Waals surface area contributed by atoms with Gasteiger partial charge in [0.05, 0.1) is 11.9 Å². The van der Waals surface area contributed by atoms with Crippen LogP contribution < -0.4 is 10.2 Å². The third-order valence-electron chi connectivity index (χ3n) is 2.91. The van der Waals surface area contributed by atoms with E-state index in [-0.39, 0.29) is 12.4 Å². The van der Waals surface area contributed by atoms with E-state index in [9.17, 15) is 0 Å². The maximum Gasteiger partial charge on any atom is 0.0729 e. The van der Waals surface area contributed by atoms with Gasteiger partial charge in [0.25, 0.3) is 0 Å². The number of nitrogens with one attached hydrogen (secondary N) is 1. The fraction of sp³-hybridized carbons (Fsp3) is 0.357. The normalized spacial score (nSPS) is 9.84. The van der Waals surface area contributed by atoms with Crippen LogP contribution >= 0.6 is 12.4 Å². The standard InChI is InChI=1S/C14H20N4.ClH/c1-4-18-11-13(10-16-18)15-9-12-5-7-14(8-6-12)17(2)3;/h5-8,10-11,15H,4,9H2,1-3H3;1H. The molecule has 1 heterocycles. The van der Waals surface area contributed by atoms with Crippen molar-refractivity contribution in [2.75, 3.05) is 24.3 Å². The lowest BCUT2D eigenvalue weighted by atomic mass is 10.2. The molecular weight excluding hydrogens is 260 g/mol. The Kier molecular flexibility index (Phi) is 5.70. The van der Waals surface area contributed by atoms with Crippen LogP contribution in [0.1, 0.15) is 12.5 Å². The maximum absolute atomic E-state index is 4.23. The molecule has 0 saturated heterocycles. The second-order valence-corrected chi connectivity index (χ2v) is 4.50. The Morgan fingerprint density at radius 1 is 1.21 bits per heavy atom. The predicted octanol–water partition coefficient (Wildman–Crippen LogP) is 3.00. The van der Waals surface area contributed by atoms with Gasteiger partial charge < -0.3 is 10.2 Å². The van der Waals surface area contributed by atoms with Crippen molar-refractivity contribution in [2.45, 2.75) is 20.0 Å². The lowest BCUT2D eigenvalue weighted by Gasteiger charge is -2.12. The summed E-state index contributed by atoms with van der Waals surface area (Å²) >= 11 is 0. The average molecular weight is 281 g/mol. The Bertz CT molecular complexity index is 490. The summed E-state index contributed by atoms with van der Waals surface area (Å²) in [5.74, 6) is 0. The molecule has 0 amide bonds. The van der Waals surface area contributed by atoms with Gasteiger partial charge in [-0.3, -0.25) is 4.68 Å². The van der Waals surface area contributed by atoms with Crippen LogP contribution in [0.2, 0.25) is 0 Å². The van der Waals surface area contributed by atoms with Crippen molar-refractivity contribution in [2.24, 2.45) is 0 Å². The summed E-state index contributed by atoms with van der Waals surface area (Å²) < 4.78 is 1.91. The van der Waals surface area contributed by atoms with Crippen molar-refractivity contribution in [3.05, 3.63) is 42.2 Å². The van der Waals surface area contributed by atoms with Crippen LogP contribution in [0.3, 0.4) is 0 Å². The van der Waals surface area contributed by atoms with E-state index in [2.05, 4.69) is 46.5 Å². The molecule has 2 rings (SSSR count). The van der Waals surface area contributed by atoms with Gasteiger partial charge >= 0.3 is 0 Å². The van der Waals surface area contributed by atoms with E-state index in [4.69, 9.17) is 0 Å². The quantitative estimate of drug-likeness (QED) is 0.914. The number of hydrogen-bond acceptors (Lipinski definition) is 3. The Morgan fingerprint density at radius 2 is 1.89 bits per heavy atom. The van der Waals surface area contributed by atoms with Gasteiger partial charge in [-0.25, -0.2) is 0 Å². The summed E-state index contributed by atoms with van der Waals surface area (Å²) in [4.78, 5) is 2.10. The van der Waals surface area contributed by atoms with Crippen molar-refractivity contribution in [1.82, 2.24) is 9.78 Å². The van der Waals surface area contributed by atoms with E-state index in [1.165, 1.54) is 11.3 Å². The van der Waals surface area contributed by atoms with Crippen LogP contribution in [0, 0.1) is 0 Å². The van der Waals surface area contributed by atoms with Gasteiger partial charge in [-0.1, -0.05) is 12.1 Å². The first-order valence-electron chi connectivity index (χ1n) is 6.21.